The number of carbonyl (C=O) groups is 1. The zero-order chi connectivity index (χ0) is 19.1. The molecule has 1 amide bonds. The lowest BCUT2D eigenvalue weighted by molar-refractivity contribution is -0.129. The summed E-state index contributed by atoms with van der Waals surface area (Å²) in [6, 6.07) is 13.6. The average Bonchev–Trinajstić information content (AvgIpc) is 2.62. The maximum absolute atomic E-state index is 12.6. The van der Waals surface area contributed by atoms with E-state index in [9.17, 15) is 4.79 Å². The highest BCUT2D eigenvalue weighted by Gasteiger charge is 2.21. The summed E-state index contributed by atoms with van der Waals surface area (Å²) < 4.78 is 11.8. The Morgan fingerprint density at radius 3 is 2.35 bits per heavy atom. The Morgan fingerprint density at radius 2 is 1.65 bits per heavy atom. The molecular formula is C22H29NO3. The van der Waals surface area contributed by atoms with E-state index in [1.807, 2.05) is 77.1 Å². The van der Waals surface area contributed by atoms with E-state index in [4.69, 9.17) is 9.47 Å². The topological polar surface area (TPSA) is 47.6 Å². The smallest absolute Gasteiger partial charge is 0.261 e. The molecule has 0 fully saturated rings. The quantitative estimate of drug-likeness (QED) is 0.766. The van der Waals surface area contributed by atoms with Gasteiger partial charge in [0.15, 0.2) is 6.10 Å². The van der Waals surface area contributed by atoms with Crippen LogP contribution in [-0.4, -0.2) is 24.7 Å². The van der Waals surface area contributed by atoms with E-state index in [1.54, 1.807) is 0 Å². The van der Waals surface area contributed by atoms with E-state index in [-0.39, 0.29) is 11.9 Å². The number of hydrogen-bond acceptors (Lipinski definition) is 3. The van der Waals surface area contributed by atoms with Gasteiger partial charge in [-0.2, -0.15) is 0 Å². The van der Waals surface area contributed by atoms with Crippen molar-refractivity contribution in [1.29, 1.82) is 0 Å². The first-order chi connectivity index (χ1) is 12.4. The van der Waals surface area contributed by atoms with Gasteiger partial charge in [-0.15, -0.1) is 0 Å². The van der Waals surface area contributed by atoms with Gasteiger partial charge in [-0.25, -0.2) is 0 Å². The predicted molar refractivity (Wildman–Crippen MR) is 105 cm³/mol. The van der Waals surface area contributed by atoms with E-state index in [0.717, 1.165) is 28.2 Å². The molecule has 0 aromatic heterocycles. The van der Waals surface area contributed by atoms with Crippen molar-refractivity contribution in [3.05, 3.63) is 59.2 Å². The van der Waals surface area contributed by atoms with Gasteiger partial charge in [0.2, 0.25) is 0 Å². The Kier molecular flexibility index (Phi) is 7.07. The van der Waals surface area contributed by atoms with Crippen molar-refractivity contribution in [1.82, 2.24) is 5.32 Å². The number of carbonyl (C=O) groups excluding carboxylic acids is 1. The van der Waals surface area contributed by atoms with Crippen LogP contribution in [0.4, 0.5) is 0 Å². The fourth-order valence-electron chi connectivity index (χ4n) is 2.64. The average molecular weight is 355 g/mol. The molecule has 140 valence electrons. The van der Waals surface area contributed by atoms with Gasteiger partial charge in [0.25, 0.3) is 5.91 Å². The summed E-state index contributed by atoms with van der Waals surface area (Å²) in [4.78, 5) is 12.6. The third kappa shape index (κ3) is 5.25. The molecule has 26 heavy (non-hydrogen) atoms. The molecule has 2 rings (SSSR count). The highest BCUT2D eigenvalue weighted by molar-refractivity contribution is 5.81. The van der Waals surface area contributed by atoms with E-state index < -0.39 is 6.10 Å². The molecule has 0 radical (unpaired) electrons. The summed E-state index contributed by atoms with van der Waals surface area (Å²) in [5, 5.41) is 2.99. The Bertz CT molecular complexity index is 742. The van der Waals surface area contributed by atoms with Crippen LogP contribution >= 0.6 is 0 Å². The number of rotatable bonds is 8. The fourth-order valence-corrected chi connectivity index (χ4v) is 2.64. The minimum Gasteiger partial charge on any atom is -0.491 e. The molecule has 2 atom stereocenters. The summed E-state index contributed by atoms with van der Waals surface area (Å²) in [5.74, 6) is 1.48. The maximum Gasteiger partial charge on any atom is 0.261 e. The lowest BCUT2D eigenvalue weighted by Gasteiger charge is -2.22. The molecule has 4 nitrogen and oxygen atoms in total. The van der Waals surface area contributed by atoms with Crippen LogP contribution in [0.1, 0.15) is 37.0 Å². The minimum absolute atomic E-state index is 0.113. The standard InChI is InChI=1S/C22H29NO3/c1-6-19(26-21-13-9-11-15(2)18(21)5)22(24)23-17(4)14-25-20-12-8-7-10-16(20)3/h7-13,17,19H,6,14H2,1-5H3,(H,23,24)/t17-,19+/m0/s1. The van der Waals surface area contributed by atoms with E-state index in [0.29, 0.717) is 13.0 Å². The summed E-state index contributed by atoms with van der Waals surface area (Å²) in [5.41, 5.74) is 3.29. The highest BCUT2D eigenvalue weighted by Crippen LogP contribution is 2.22. The van der Waals surface area contributed by atoms with Gasteiger partial charge in [-0.05, 0) is 62.9 Å². The van der Waals surface area contributed by atoms with Crippen molar-refractivity contribution in [2.45, 2.75) is 53.2 Å². The lowest BCUT2D eigenvalue weighted by Crippen LogP contribution is -2.44. The first-order valence-corrected chi connectivity index (χ1v) is 9.14. The Hall–Kier alpha value is -2.49. The van der Waals surface area contributed by atoms with E-state index >= 15 is 0 Å². The largest absolute Gasteiger partial charge is 0.491 e. The van der Waals surface area contributed by atoms with Gasteiger partial charge in [-0.3, -0.25) is 4.79 Å². The van der Waals surface area contributed by atoms with Crippen LogP contribution in [0, 0.1) is 20.8 Å². The lowest BCUT2D eigenvalue weighted by atomic mass is 10.1. The van der Waals surface area contributed by atoms with Crippen LogP contribution < -0.4 is 14.8 Å². The van der Waals surface area contributed by atoms with Gasteiger partial charge in [-0.1, -0.05) is 37.3 Å². The first-order valence-electron chi connectivity index (χ1n) is 9.14. The van der Waals surface area contributed by atoms with Crippen LogP contribution in [0.15, 0.2) is 42.5 Å². The predicted octanol–water partition coefficient (Wildman–Crippen LogP) is 4.35. The Labute approximate surface area is 156 Å². The van der Waals surface area contributed by atoms with Gasteiger partial charge in [0.05, 0.1) is 6.04 Å². The van der Waals surface area contributed by atoms with Crippen LogP contribution in [0.5, 0.6) is 11.5 Å². The number of nitrogens with one attached hydrogen (secondary N) is 1. The van der Waals surface area contributed by atoms with Crippen LogP contribution in [0.2, 0.25) is 0 Å². The van der Waals surface area contributed by atoms with Crippen LogP contribution in [0.25, 0.3) is 0 Å². The first kappa shape index (κ1) is 19.8. The zero-order valence-corrected chi connectivity index (χ0v) is 16.3. The van der Waals surface area contributed by atoms with Gasteiger partial charge in [0.1, 0.15) is 18.1 Å². The van der Waals surface area contributed by atoms with Gasteiger partial charge in [0, 0.05) is 0 Å². The molecule has 0 unspecified atom stereocenters. The number of aryl methyl sites for hydroxylation is 2. The molecule has 0 bridgehead atoms. The number of hydrogen-bond donors (Lipinski definition) is 1. The van der Waals surface area contributed by atoms with E-state index in [1.165, 1.54) is 0 Å². The van der Waals surface area contributed by atoms with Crippen LogP contribution in [-0.2, 0) is 4.79 Å². The van der Waals surface area contributed by atoms with Gasteiger partial charge >= 0.3 is 0 Å². The SMILES string of the molecule is CC[C@@H](Oc1cccc(C)c1C)C(=O)N[C@@H](C)COc1ccccc1C. The summed E-state index contributed by atoms with van der Waals surface area (Å²) in [7, 11) is 0. The molecule has 0 aliphatic heterocycles. The number of amides is 1. The van der Waals surface area contributed by atoms with Crippen molar-refractivity contribution < 1.29 is 14.3 Å². The van der Waals surface area contributed by atoms with Crippen molar-refractivity contribution in [2.75, 3.05) is 6.61 Å². The molecule has 1 N–H and O–H groups in total. The Morgan fingerprint density at radius 1 is 1.00 bits per heavy atom. The monoisotopic (exact) mass is 355 g/mol. The summed E-state index contributed by atoms with van der Waals surface area (Å²) in [6.07, 6.45) is 0.0846. The number of benzene rings is 2. The molecule has 0 saturated heterocycles. The number of para-hydroxylation sites is 1. The van der Waals surface area contributed by atoms with Crippen molar-refractivity contribution >= 4 is 5.91 Å². The molecular weight excluding hydrogens is 326 g/mol. The summed E-state index contributed by atoms with van der Waals surface area (Å²) >= 11 is 0. The maximum atomic E-state index is 12.6. The second kappa shape index (κ2) is 9.27. The molecule has 0 spiro atoms. The third-order valence-corrected chi connectivity index (χ3v) is 4.46. The van der Waals surface area contributed by atoms with E-state index in [2.05, 4.69) is 5.32 Å². The normalized spacial score (nSPS) is 13.0. The minimum atomic E-state index is -0.517. The summed E-state index contributed by atoms with van der Waals surface area (Å²) in [6.45, 7) is 10.3. The highest BCUT2D eigenvalue weighted by atomic mass is 16.5. The molecule has 0 aliphatic rings. The Balaban J connectivity index is 1.91. The van der Waals surface area contributed by atoms with Crippen molar-refractivity contribution in [3.63, 3.8) is 0 Å². The third-order valence-electron chi connectivity index (χ3n) is 4.46. The van der Waals surface area contributed by atoms with Gasteiger partial charge < -0.3 is 14.8 Å². The molecule has 2 aromatic carbocycles. The molecule has 4 heteroatoms. The second-order valence-electron chi connectivity index (χ2n) is 6.70. The molecule has 0 saturated carbocycles. The second-order valence-corrected chi connectivity index (χ2v) is 6.70. The molecule has 0 heterocycles. The number of ether oxygens (including phenoxy) is 2. The van der Waals surface area contributed by atoms with Crippen molar-refractivity contribution in [2.24, 2.45) is 0 Å². The fraction of sp³-hybridized carbons (Fsp3) is 0.409. The zero-order valence-electron chi connectivity index (χ0n) is 16.3. The molecule has 0 aliphatic carbocycles. The van der Waals surface area contributed by atoms with Crippen molar-refractivity contribution in [3.8, 4) is 11.5 Å². The molecule has 2 aromatic rings. The van der Waals surface area contributed by atoms with Crippen LogP contribution in [0.3, 0.4) is 0 Å².